The van der Waals surface area contributed by atoms with Crippen LogP contribution in [0.3, 0.4) is 0 Å². The molecule has 2 aromatic carbocycles. The summed E-state index contributed by atoms with van der Waals surface area (Å²) in [5, 5.41) is 0.761. The van der Waals surface area contributed by atoms with E-state index in [1.807, 2.05) is 29.2 Å². The molecule has 0 saturated heterocycles. The number of nitrogens with zero attached hydrogens (tertiary/aromatic N) is 3. The molecule has 0 aliphatic carbocycles. The molecule has 1 heterocycles. The van der Waals surface area contributed by atoms with E-state index in [0.29, 0.717) is 12.1 Å². The highest BCUT2D eigenvalue weighted by molar-refractivity contribution is 9.10. The van der Waals surface area contributed by atoms with Gasteiger partial charge in [0.25, 0.3) is 5.91 Å². The average molecular weight is 497 g/mol. The van der Waals surface area contributed by atoms with E-state index in [9.17, 15) is 4.79 Å². The van der Waals surface area contributed by atoms with Gasteiger partial charge in [0.1, 0.15) is 0 Å². The number of carbonyl (C=O) groups is 1. The Kier molecular flexibility index (Phi) is 8.64. The third kappa shape index (κ3) is 5.18. The summed E-state index contributed by atoms with van der Waals surface area (Å²) in [7, 11) is 0. The lowest BCUT2D eigenvalue weighted by molar-refractivity contribution is 0.0983. The smallest absolute Gasteiger partial charge is 0.261 e. The fourth-order valence-electron chi connectivity index (χ4n) is 3.18. The topological polar surface area (TPSA) is 36.4 Å². The maximum absolute atomic E-state index is 13.4. The standard InChI is InChI=1S/C22H26BrN3OS.ClH/c1-5-25(6-2)13-14-26(21(27)17-9-7-8-10-18(17)23)22-24-20-16(4)15(3)11-12-19(20)28-22;/h7-12H,5-6,13-14H2,1-4H3;1H. The highest BCUT2D eigenvalue weighted by Crippen LogP contribution is 2.33. The Hall–Kier alpha value is -1.47. The van der Waals surface area contributed by atoms with E-state index in [4.69, 9.17) is 4.98 Å². The van der Waals surface area contributed by atoms with E-state index in [0.717, 1.165) is 39.5 Å². The van der Waals surface area contributed by atoms with Crippen LogP contribution in [0.25, 0.3) is 10.2 Å². The molecule has 4 nitrogen and oxygen atoms in total. The highest BCUT2D eigenvalue weighted by Gasteiger charge is 2.23. The minimum absolute atomic E-state index is 0. The summed E-state index contributed by atoms with van der Waals surface area (Å²) in [4.78, 5) is 22.5. The Morgan fingerprint density at radius 1 is 1.07 bits per heavy atom. The molecule has 0 fully saturated rings. The van der Waals surface area contributed by atoms with E-state index in [1.165, 1.54) is 11.1 Å². The zero-order valence-electron chi connectivity index (χ0n) is 17.2. The molecule has 29 heavy (non-hydrogen) atoms. The lowest BCUT2D eigenvalue weighted by Crippen LogP contribution is -2.39. The van der Waals surface area contributed by atoms with E-state index < -0.39 is 0 Å². The number of rotatable bonds is 7. The lowest BCUT2D eigenvalue weighted by atomic mass is 10.1. The molecule has 0 atom stereocenters. The van der Waals surface area contributed by atoms with Crippen LogP contribution < -0.4 is 4.90 Å². The van der Waals surface area contributed by atoms with Crippen molar-refractivity contribution in [3.8, 4) is 0 Å². The van der Waals surface area contributed by atoms with Gasteiger partial charge in [-0.05, 0) is 72.2 Å². The molecule has 0 spiro atoms. The molecule has 0 saturated carbocycles. The predicted molar refractivity (Wildman–Crippen MR) is 130 cm³/mol. The van der Waals surface area contributed by atoms with E-state index in [2.05, 4.69) is 60.7 Å². The molecule has 0 unspecified atom stereocenters. The first-order valence-corrected chi connectivity index (χ1v) is 11.2. The lowest BCUT2D eigenvalue weighted by Gasteiger charge is -2.25. The van der Waals surface area contributed by atoms with E-state index >= 15 is 0 Å². The van der Waals surface area contributed by atoms with Crippen molar-refractivity contribution < 1.29 is 4.79 Å². The van der Waals surface area contributed by atoms with Crippen molar-refractivity contribution in [3.63, 3.8) is 0 Å². The minimum atomic E-state index is -0.0203. The number of benzene rings is 2. The molecule has 3 aromatic rings. The number of anilines is 1. The monoisotopic (exact) mass is 495 g/mol. The van der Waals surface area contributed by atoms with Gasteiger partial charge < -0.3 is 4.90 Å². The van der Waals surface area contributed by atoms with Crippen molar-refractivity contribution in [3.05, 3.63) is 57.6 Å². The van der Waals surface area contributed by atoms with Gasteiger partial charge >= 0.3 is 0 Å². The SMILES string of the molecule is CCN(CC)CCN(C(=O)c1ccccc1Br)c1nc2c(C)c(C)ccc2s1.Cl. The van der Waals surface area contributed by atoms with Gasteiger partial charge in [0.15, 0.2) is 5.13 Å². The maximum Gasteiger partial charge on any atom is 0.261 e. The third-order valence-corrected chi connectivity index (χ3v) is 6.92. The van der Waals surface area contributed by atoms with Crippen molar-refractivity contribution in [2.45, 2.75) is 27.7 Å². The number of carbonyl (C=O) groups excluding carboxylic acids is 1. The van der Waals surface area contributed by atoms with Crippen LogP contribution in [-0.4, -0.2) is 42.0 Å². The Labute approximate surface area is 191 Å². The molecule has 1 amide bonds. The Morgan fingerprint density at radius 2 is 1.76 bits per heavy atom. The molecule has 156 valence electrons. The molecule has 7 heteroatoms. The molecular formula is C22H27BrClN3OS. The molecule has 0 aliphatic heterocycles. The van der Waals surface area contributed by atoms with Crippen LogP contribution in [0.1, 0.15) is 35.3 Å². The zero-order valence-corrected chi connectivity index (χ0v) is 20.5. The number of amides is 1. The first kappa shape index (κ1) is 23.8. The largest absolute Gasteiger partial charge is 0.302 e. The van der Waals surface area contributed by atoms with Crippen molar-refractivity contribution >= 4 is 60.9 Å². The van der Waals surface area contributed by atoms with Crippen LogP contribution in [0, 0.1) is 13.8 Å². The number of hydrogen-bond acceptors (Lipinski definition) is 4. The van der Waals surface area contributed by atoms with Gasteiger partial charge in [-0.2, -0.15) is 0 Å². The quantitative estimate of drug-likeness (QED) is 0.397. The summed E-state index contributed by atoms with van der Waals surface area (Å²) in [5.41, 5.74) is 4.05. The molecule has 0 radical (unpaired) electrons. The average Bonchev–Trinajstić information content (AvgIpc) is 3.13. The van der Waals surface area contributed by atoms with E-state index in [1.54, 1.807) is 11.3 Å². The zero-order chi connectivity index (χ0) is 20.3. The van der Waals surface area contributed by atoms with Gasteiger partial charge in [0.05, 0.1) is 15.8 Å². The summed E-state index contributed by atoms with van der Waals surface area (Å²) in [6, 6.07) is 11.8. The Balaban J connectivity index is 0.00000300. The number of aryl methyl sites for hydroxylation is 2. The van der Waals surface area contributed by atoms with Gasteiger partial charge in [0, 0.05) is 17.6 Å². The number of thiazole rings is 1. The summed E-state index contributed by atoms with van der Waals surface area (Å²) in [6.07, 6.45) is 0. The van der Waals surface area contributed by atoms with Crippen molar-refractivity contribution in [1.29, 1.82) is 0 Å². The van der Waals surface area contributed by atoms with Gasteiger partial charge in [-0.25, -0.2) is 4.98 Å². The molecule has 0 N–H and O–H groups in total. The summed E-state index contributed by atoms with van der Waals surface area (Å²) in [5.74, 6) is -0.0203. The predicted octanol–water partition coefficient (Wildman–Crippen LogP) is 6.09. The summed E-state index contributed by atoms with van der Waals surface area (Å²) < 4.78 is 1.92. The molecular weight excluding hydrogens is 470 g/mol. The fraction of sp³-hybridized carbons (Fsp3) is 0.364. The molecule has 0 aliphatic rings. The third-order valence-electron chi connectivity index (χ3n) is 5.19. The number of likely N-dealkylation sites (N-methyl/N-ethyl adjacent to an activating group) is 1. The second-order valence-electron chi connectivity index (χ2n) is 6.81. The number of hydrogen-bond donors (Lipinski definition) is 0. The van der Waals surface area contributed by atoms with Gasteiger partial charge in [-0.3, -0.25) is 9.69 Å². The highest BCUT2D eigenvalue weighted by atomic mass is 79.9. The molecule has 3 rings (SSSR count). The second kappa shape index (κ2) is 10.5. The van der Waals surface area contributed by atoms with Crippen LogP contribution in [0.5, 0.6) is 0 Å². The minimum Gasteiger partial charge on any atom is -0.302 e. The molecule has 1 aromatic heterocycles. The number of fused-ring (bicyclic) bond motifs is 1. The maximum atomic E-state index is 13.4. The van der Waals surface area contributed by atoms with Crippen LogP contribution in [0.4, 0.5) is 5.13 Å². The van der Waals surface area contributed by atoms with E-state index in [-0.39, 0.29) is 18.3 Å². The first-order valence-electron chi connectivity index (χ1n) is 9.61. The van der Waals surface area contributed by atoms with Gasteiger partial charge in [-0.1, -0.05) is 43.4 Å². The van der Waals surface area contributed by atoms with Crippen LogP contribution in [0.15, 0.2) is 40.9 Å². The van der Waals surface area contributed by atoms with Crippen LogP contribution >= 0.6 is 39.7 Å². The molecule has 0 bridgehead atoms. The van der Waals surface area contributed by atoms with Crippen molar-refractivity contribution in [2.24, 2.45) is 0 Å². The summed E-state index contributed by atoms with van der Waals surface area (Å²) in [6.45, 7) is 11.8. The summed E-state index contributed by atoms with van der Waals surface area (Å²) >= 11 is 5.11. The first-order chi connectivity index (χ1) is 13.5. The number of halogens is 2. The van der Waals surface area contributed by atoms with Crippen molar-refractivity contribution in [1.82, 2.24) is 9.88 Å². The van der Waals surface area contributed by atoms with Gasteiger partial charge in [0.2, 0.25) is 0 Å². The van der Waals surface area contributed by atoms with Gasteiger partial charge in [-0.15, -0.1) is 12.4 Å². The van der Waals surface area contributed by atoms with Crippen LogP contribution in [0.2, 0.25) is 0 Å². The number of aromatic nitrogens is 1. The Morgan fingerprint density at radius 3 is 2.41 bits per heavy atom. The fourth-order valence-corrected chi connectivity index (χ4v) is 4.68. The normalized spacial score (nSPS) is 11.0. The van der Waals surface area contributed by atoms with Crippen molar-refractivity contribution in [2.75, 3.05) is 31.1 Å². The second-order valence-corrected chi connectivity index (χ2v) is 8.68. The van der Waals surface area contributed by atoms with Crippen LogP contribution in [-0.2, 0) is 0 Å². The Bertz CT molecular complexity index is 987.